The molecule has 0 aliphatic heterocycles. The summed E-state index contributed by atoms with van der Waals surface area (Å²) in [4.78, 5) is 0. The Bertz CT molecular complexity index is 293. The lowest BCUT2D eigenvalue weighted by molar-refractivity contribution is 0.415. The van der Waals surface area contributed by atoms with Gasteiger partial charge in [-0.1, -0.05) is 5.22 Å². The van der Waals surface area contributed by atoms with Crippen LogP contribution in [0.3, 0.4) is 0 Å². The van der Waals surface area contributed by atoms with E-state index in [9.17, 15) is 0 Å². The highest BCUT2D eigenvalue weighted by molar-refractivity contribution is 5.45. The van der Waals surface area contributed by atoms with Crippen molar-refractivity contribution in [3.63, 3.8) is 0 Å². The van der Waals surface area contributed by atoms with Gasteiger partial charge < -0.3 is 4.74 Å². The van der Waals surface area contributed by atoms with E-state index in [0.29, 0.717) is 0 Å². The van der Waals surface area contributed by atoms with E-state index in [1.807, 2.05) is 38.1 Å². The van der Waals surface area contributed by atoms with Crippen molar-refractivity contribution in [2.45, 2.75) is 19.9 Å². The van der Waals surface area contributed by atoms with Gasteiger partial charge in [0, 0.05) is 0 Å². The minimum atomic E-state index is 0.209. The highest BCUT2D eigenvalue weighted by Gasteiger charge is 1.91. The van der Waals surface area contributed by atoms with Crippen LogP contribution in [0.5, 0.6) is 5.75 Å². The molecule has 4 heteroatoms. The highest BCUT2D eigenvalue weighted by atomic mass is 16.5. The fourth-order valence-electron chi connectivity index (χ4n) is 0.868. The van der Waals surface area contributed by atoms with Gasteiger partial charge in [0.05, 0.1) is 18.8 Å². The molecule has 1 rings (SSSR count). The molecular weight excluding hydrogens is 178 g/mol. The van der Waals surface area contributed by atoms with Gasteiger partial charge in [-0.3, -0.25) is 5.43 Å². The number of nitrogens with zero attached hydrogens (tertiary/aromatic N) is 2. The van der Waals surface area contributed by atoms with Gasteiger partial charge in [-0.15, -0.1) is 0 Å². The fraction of sp³-hybridized carbons (Fsp3) is 0.400. The van der Waals surface area contributed by atoms with E-state index in [0.717, 1.165) is 11.4 Å². The van der Waals surface area contributed by atoms with Gasteiger partial charge >= 0.3 is 0 Å². The molecule has 0 aliphatic carbocycles. The Morgan fingerprint density at radius 1 is 1.21 bits per heavy atom. The Hall–Kier alpha value is -1.58. The summed E-state index contributed by atoms with van der Waals surface area (Å²) in [5, 5.41) is 7.78. The van der Waals surface area contributed by atoms with Gasteiger partial charge in [-0.25, -0.2) is 0 Å². The molecule has 0 fully saturated rings. The summed E-state index contributed by atoms with van der Waals surface area (Å²) in [6.07, 6.45) is 0. The van der Waals surface area contributed by atoms with Gasteiger partial charge in [-0.05, 0) is 38.1 Å². The van der Waals surface area contributed by atoms with Gasteiger partial charge in [0.1, 0.15) is 5.75 Å². The van der Waals surface area contributed by atoms with Gasteiger partial charge in [-0.2, -0.15) is 5.11 Å². The maximum atomic E-state index is 5.03. The van der Waals surface area contributed by atoms with Crippen LogP contribution in [0.1, 0.15) is 13.8 Å². The largest absolute Gasteiger partial charge is 0.497 e. The molecule has 0 spiro atoms. The van der Waals surface area contributed by atoms with Crippen LogP contribution in [0.25, 0.3) is 0 Å². The molecule has 0 saturated heterocycles. The fourth-order valence-corrected chi connectivity index (χ4v) is 0.868. The summed E-state index contributed by atoms with van der Waals surface area (Å²) >= 11 is 0. The van der Waals surface area contributed by atoms with Crippen LogP contribution >= 0.6 is 0 Å². The Kier molecular flexibility index (Phi) is 3.91. The molecule has 0 saturated carbocycles. The average Bonchev–Trinajstić information content (AvgIpc) is 2.18. The molecule has 1 N–H and O–H groups in total. The maximum absolute atomic E-state index is 5.03. The summed E-state index contributed by atoms with van der Waals surface area (Å²) in [6.45, 7) is 3.94. The number of nitrogens with one attached hydrogen (secondary N) is 1. The normalized spacial score (nSPS) is 10.9. The minimum absolute atomic E-state index is 0.209. The summed E-state index contributed by atoms with van der Waals surface area (Å²) in [7, 11) is 1.64. The van der Waals surface area contributed by atoms with Crippen molar-refractivity contribution in [1.82, 2.24) is 0 Å². The number of ether oxygens (including phenoxy) is 1. The van der Waals surface area contributed by atoms with E-state index in [1.54, 1.807) is 7.11 Å². The average molecular weight is 193 g/mol. The minimum Gasteiger partial charge on any atom is -0.497 e. The first-order valence-corrected chi connectivity index (χ1v) is 4.52. The molecule has 0 amide bonds. The predicted molar refractivity (Wildman–Crippen MR) is 56.6 cm³/mol. The molecule has 76 valence electrons. The number of rotatable bonds is 4. The SMILES string of the molecule is COc1ccc(NN=NC(C)C)cc1. The lowest BCUT2D eigenvalue weighted by Gasteiger charge is -2.01. The highest BCUT2D eigenvalue weighted by Crippen LogP contribution is 2.14. The smallest absolute Gasteiger partial charge is 0.119 e. The second kappa shape index (κ2) is 5.21. The van der Waals surface area contributed by atoms with Crippen molar-refractivity contribution in [3.8, 4) is 5.75 Å². The van der Waals surface area contributed by atoms with Crippen molar-refractivity contribution >= 4 is 5.69 Å². The van der Waals surface area contributed by atoms with Crippen molar-refractivity contribution in [3.05, 3.63) is 24.3 Å². The first-order chi connectivity index (χ1) is 6.72. The number of anilines is 1. The number of methoxy groups -OCH3 is 1. The summed E-state index contributed by atoms with van der Waals surface area (Å²) in [5.41, 5.74) is 3.73. The van der Waals surface area contributed by atoms with Crippen LogP contribution in [0.2, 0.25) is 0 Å². The molecule has 0 aromatic heterocycles. The second-order valence-electron chi connectivity index (χ2n) is 3.15. The zero-order chi connectivity index (χ0) is 10.4. The molecule has 0 unspecified atom stereocenters. The lowest BCUT2D eigenvalue weighted by atomic mass is 10.3. The van der Waals surface area contributed by atoms with E-state index in [-0.39, 0.29) is 6.04 Å². The molecule has 0 heterocycles. The molecule has 1 aromatic carbocycles. The Morgan fingerprint density at radius 2 is 1.86 bits per heavy atom. The van der Waals surface area contributed by atoms with Crippen LogP contribution in [0, 0.1) is 0 Å². The zero-order valence-corrected chi connectivity index (χ0v) is 8.69. The Balaban J connectivity index is 2.52. The Labute approximate surface area is 84.0 Å². The lowest BCUT2D eigenvalue weighted by Crippen LogP contribution is -1.91. The Morgan fingerprint density at radius 3 is 2.36 bits per heavy atom. The molecule has 1 aromatic rings. The third kappa shape index (κ3) is 3.43. The first kappa shape index (κ1) is 10.5. The molecule has 0 atom stereocenters. The van der Waals surface area contributed by atoms with E-state index in [1.165, 1.54) is 0 Å². The molecule has 14 heavy (non-hydrogen) atoms. The van der Waals surface area contributed by atoms with Crippen LogP contribution in [-0.2, 0) is 0 Å². The van der Waals surface area contributed by atoms with E-state index < -0.39 is 0 Å². The number of benzene rings is 1. The number of hydrogen-bond donors (Lipinski definition) is 1. The molecule has 4 nitrogen and oxygen atoms in total. The van der Waals surface area contributed by atoms with E-state index >= 15 is 0 Å². The summed E-state index contributed by atoms with van der Waals surface area (Å²) in [5.74, 6) is 0.830. The third-order valence-electron chi connectivity index (χ3n) is 1.56. The van der Waals surface area contributed by atoms with Crippen molar-refractivity contribution < 1.29 is 4.74 Å². The third-order valence-corrected chi connectivity index (χ3v) is 1.56. The van der Waals surface area contributed by atoms with Gasteiger partial charge in [0.25, 0.3) is 0 Å². The van der Waals surface area contributed by atoms with Crippen LogP contribution in [0.4, 0.5) is 5.69 Å². The van der Waals surface area contributed by atoms with E-state index in [2.05, 4.69) is 15.8 Å². The molecular formula is C10H15N3O. The summed E-state index contributed by atoms with van der Waals surface area (Å²) in [6, 6.07) is 7.72. The molecule has 0 aliphatic rings. The maximum Gasteiger partial charge on any atom is 0.119 e. The molecule has 0 bridgehead atoms. The van der Waals surface area contributed by atoms with Gasteiger partial charge in [0.15, 0.2) is 0 Å². The van der Waals surface area contributed by atoms with Gasteiger partial charge in [0.2, 0.25) is 0 Å². The van der Waals surface area contributed by atoms with Crippen LogP contribution < -0.4 is 10.2 Å². The van der Waals surface area contributed by atoms with E-state index in [4.69, 9.17) is 4.74 Å². The first-order valence-electron chi connectivity index (χ1n) is 4.52. The monoisotopic (exact) mass is 193 g/mol. The quantitative estimate of drug-likeness (QED) is 0.590. The number of hydrogen-bond acceptors (Lipinski definition) is 3. The van der Waals surface area contributed by atoms with Crippen molar-refractivity contribution in [1.29, 1.82) is 0 Å². The standard InChI is InChI=1S/C10H15N3O/c1-8(2)11-13-12-9-4-6-10(14-3)7-5-9/h4-8H,1-3H3,(H,11,12). The second-order valence-corrected chi connectivity index (χ2v) is 3.15. The van der Waals surface area contributed by atoms with Crippen LogP contribution in [0.15, 0.2) is 34.6 Å². The predicted octanol–water partition coefficient (Wildman–Crippen LogP) is 2.88. The van der Waals surface area contributed by atoms with Crippen molar-refractivity contribution in [2.75, 3.05) is 12.5 Å². The molecule has 0 radical (unpaired) electrons. The summed E-state index contributed by atoms with van der Waals surface area (Å²) < 4.78 is 5.03. The zero-order valence-electron chi connectivity index (χ0n) is 8.69. The topological polar surface area (TPSA) is 46.0 Å². The van der Waals surface area contributed by atoms with Crippen LogP contribution in [-0.4, -0.2) is 13.2 Å². The van der Waals surface area contributed by atoms with Crippen molar-refractivity contribution in [2.24, 2.45) is 10.3 Å².